The summed E-state index contributed by atoms with van der Waals surface area (Å²) in [6.45, 7) is 30.8. The van der Waals surface area contributed by atoms with Crippen LogP contribution < -0.4 is 32.7 Å². The molecular formula is C66H117N14O11S+. The minimum Gasteiger partial charge on any atom is -0.370 e. The van der Waals surface area contributed by atoms with Gasteiger partial charge in [0.2, 0.25) is 47.0 Å². The number of guanidine groups is 1. The zero-order valence-electron chi connectivity index (χ0n) is 59.7. The van der Waals surface area contributed by atoms with Crippen molar-refractivity contribution in [1.82, 2.24) is 50.7 Å². The van der Waals surface area contributed by atoms with Crippen LogP contribution in [0.5, 0.6) is 0 Å². The second kappa shape index (κ2) is 33.9. The molecule has 3 rings (SSSR count). The van der Waals surface area contributed by atoms with Crippen molar-refractivity contribution < 1.29 is 57.2 Å². The van der Waals surface area contributed by atoms with E-state index in [1.54, 1.807) is 41.5 Å². The molecule has 26 heteroatoms. The number of aldehydes is 2. The first-order chi connectivity index (χ1) is 42.7. The first-order valence-electron chi connectivity index (χ1n) is 33.1. The largest absolute Gasteiger partial charge is 0.370 e. The minimum atomic E-state index is -1.92. The smallest absolute Gasteiger partial charge is 0.339 e. The molecule has 3 fully saturated rings. The fourth-order valence-electron chi connectivity index (χ4n) is 14.0. The van der Waals surface area contributed by atoms with E-state index in [0.717, 1.165) is 11.8 Å². The quantitative estimate of drug-likeness (QED) is 0.0206. The van der Waals surface area contributed by atoms with Gasteiger partial charge in [-0.15, -0.1) is 11.8 Å². The number of nitrogens with two attached hydrogens (primary N) is 2. The van der Waals surface area contributed by atoms with Crippen LogP contribution in [-0.2, 0) is 52.7 Å². The van der Waals surface area contributed by atoms with Gasteiger partial charge in [0.15, 0.2) is 35.6 Å². The molecule has 16 unspecified atom stereocenters. The summed E-state index contributed by atoms with van der Waals surface area (Å²) in [7, 11) is 8.80. The van der Waals surface area contributed by atoms with Gasteiger partial charge < -0.3 is 51.5 Å². The van der Waals surface area contributed by atoms with Crippen LogP contribution >= 0.6 is 11.8 Å². The fraction of sp³-hybridized carbons (Fsp3) is 0.788. The lowest BCUT2D eigenvalue weighted by Crippen LogP contribution is -2.73. The summed E-state index contributed by atoms with van der Waals surface area (Å²) in [5.41, 5.74) is 7.73. The van der Waals surface area contributed by atoms with E-state index in [2.05, 4.69) is 26.3 Å². The van der Waals surface area contributed by atoms with Gasteiger partial charge in [0.25, 0.3) is 5.91 Å². The van der Waals surface area contributed by atoms with Gasteiger partial charge in [-0.3, -0.25) is 58.3 Å². The van der Waals surface area contributed by atoms with E-state index in [9.17, 15) is 14.4 Å². The minimum absolute atomic E-state index is 0.0212. The van der Waals surface area contributed by atoms with Gasteiger partial charge in [0, 0.05) is 60.9 Å². The maximum atomic E-state index is 15.6. The second-order valence-corrected chi connectivity index (χ2v) is 29.7. The number of hydrogen-bond donors (Lipinski definition) is 6. The summed E-state index contributed by atoms with van der Waals surface area (Å²) in [4.78, 5) is 177. The molecule has 25 nitrogen and oxygen atoms in total. The molecule has 8 N–H and O–H groups in total. The highest BCUT2D eigenvalue weighted by molar-refractivity contribution is 8.00. The third kappa shape index (κ3) is 18.1. The average Bonchev–Trinajstić information content (AvgIpc) is 1.49. The maximum absolute atomic E-state index is 15.6. The summed E-state index contributed by atoms with van der Waals surface area (Å²) in [5.74, 6) is -7.68. The van der Waals surface area contributed by atoms with Crippen LogP contribution in [0.2, 0.25) is 0 Å². The SMILES string of the molecule is CC=CCC(C)CC1C(=O)NC(CC)C(=O)N(C)C(SCCN=C(N)N)C(=O)N(C)C(C=O)(CC(C)C)NC(C(C)C)C(=O)N(C)C2CC(C)C3C(C)[N+]3(C2=O)C(C)(C=O)NC(C)C(=O)NC(CC(C)C)C(=O)N(C)C(CC(C)C)C(=O)N(C)C(C(C)C)C(=O)N1C. The van der Waals surface area contributed by atoms with E-state index in [1.165, 1.54) is 78.6 Å². The first-order valence-corrected chi connectivity index (χ1v) is 34.1. The Labute approximate surface area is 553 Å². The van der Waals surface area contributed by atoms with Gasteiger partial charge >= 0.3 is 5.91 Å². The number of likely N-dealkylation sites (N-methyl/N-ethyl adjacent to an activating group) is 6. The van der Waals surface area contributed by atoms with Crippen LogP contribution in [0.25, 0.3) is 0 Å². The van der Waals surface area contributed by atoms with Gasteiger partial charge in [-0.1, -0.05) is 102 Å². The highest BCUT2D eigenvalue weighted by Gasteiger charge is 2.81. The summed E-state index contributed by atoms with van der Waals surface area (Å²) >= 11 is 1.01. The molecule has 9 amide bonds. The molecule has 0 aromatic heterocycles. The monoisotopic (exact) mass is 1310 g/mol. The lowest BCUT2D eigenvalue weighted by molar-refractivity contribution is -0.803. The van der Waals surface area contributed by atoms with Crippen LogP contribution in [0.15, 0.2) is 17.1 Å². The number of rotatable bonds is 19. The summed E-state index contributed by atoms with van der Waals surface area (Å²) in [6, 6.07) is -10.3. The Kier molecular flexibility index (Phi) is 29.6. The maximum Gasteiger partial charge on any atom is 0.339 e. The number of piperidine rings is 1. The lowest BCUT2D eigenvalue weighted by atomic mass is 9.89. The van der Waals surface area contributed by atoms with Crippen molar-refractivity contribution in [1.29, 1.82) is 0 Å². The zero-order chi connectivity index (χ0) is 70.6. The van der Waals surface area contributed by atoms with Crippen LogP contribution in [0, 0.1) is 41.4 Å². The summed E-state index contributed by atoms with van der Waals surface area (Å²) in [5, 5.41) is 11.0. The molecular weight excluding hydrogens is 1200 g/mol. The van der Waals surface area contributed by atoms with Gasteiger partial charge in [-0.25, -0.2) is 14.6 Å². The molecule has 0 aromatic rings. The standard InChI is InChI=1S/C66H116N14O11S/c1-24-26-27-42(13)32-48-55(84)70-46(25-2)56(85)78(22)62(92-29-28-69-64(67)68)61(90)79(23)66(36-82,34-39(7)8)73-51(40(9)10)59(88)76(20)50-33-43(14)53-45(16)80(53,63(50)91)65(17,35-81)72-44(15)54(83)71-47(30-37(3)4)57(86)75(19)49(31-38(5)6)58(87)77(21)52(41(11)12)60(89)74(48)18/h24,26,35-53,62,72-73H,25,27-34H2,1-23H3,(H5-,67,68,69,70,71,83,84)/p+1. The number of allylic oxidation sites excluding steroid dienone is 2. The van der Waals surface area contributed by atoms with E-state index in [-0.39, 0.29) is 86.4 Å². The molecule has 0 radical (unpaired) electrons. The molecule has 2 bridgehead atoms. The van der Waals surface area contributed by atoms with Gasteiger partial charge in [0.05, 0.1) is 18.6 Å². The molecule has 16 atom stereocenters. The number of fused-ring (bicyclic) bond motifs is 1. The summed E-state index contributed by atoms with van der Waals surface area (Å²) < 4.78 is -0.438. The molecule has 1 spiro atoms. The molecule has 3 saturated heterocycles. The number of aliphatic imine (C=N–C) groups is 1. The van der Waals surface area contributed by atoms with E-state index < -0.39 is 147 Å². The molecule has 0 aromatic carbocycles. The van der Waals surface area contributed by atoms with Crippen molar-refractivity contribution in [2.24, 2.45) is 57.9 Å². The number of hydrogen-bond acceptors (Lipinski definition) is 15. The van der Waals surface area contributed by atoms with E-state index in [1.807, 2.05) is 81.4 Å². The van der Waals surface area contributed by atoms with Crippen LogP contribution in [-0.4, -0.2) is 237 Å². The Morgan fingerprint density at radius 2 is 1.23 bits per heavy atom. The number of quaternary nitrogens is 1. The Hall–Kier alpha value is -5.99. The predicted octanol–water partition coefficient (Wildman–Crippen LogP) is 3.28. The number of carbonyl (C=O) groups excluding carboxylic acids is 11. The number of amides is 9. The Bertz CT molecular complexity index is 2690. The average molecular weight is 1310 g/mol. The second-order valence-electron chi connectivity index (χ2n) is 28.5. The van der Waals surface area contributed by atoms with Crippen LogP contribution in [0.4, 0.5) is 0 Å². The van der Waals surface area contributed by atoms with Crippen molar-refractivity contribution >= 4 is 83.5 Å². The number of nitrogens with one attached hydrogen (secondary N) is 4. The normalized spacial score (nSPS) is 32.4. The molecule has 92 heavy (non-hydrogen) atoms. The van der Waals surface area contributed by atoms with E-state index in [0.29, 0.717) is 19.0 Å². The number of carbonyl (C=O) groups is 11. The Morgan fingerprint density at radius 1 is 0.663 bits per heavy atom. The Balaban J connectivity index is 2.47. The highest BCUT2D eigenvalue weighted by Crippen LogP contribution is 2.55. The van der Waals surface area contributed by atoms with E-state index in [4.69, 9.17) is 11.5 Å². The highest BCUT2D eigenvalue weighted by atomic mass is 32.2. The van der Waals surface area contributed by atoms with Gasteiger partial charge in [-0.05, 0) is 101 Å². The van der Waals surface area contributed by atoms with Crippen molar-refractivity contribution in [2.75, 3.05) is 54.6 Å². The predicted molar refractivity (Wildman–Crippen MR) is 359 cm³/mol. The third-order valence-electron chi connectivity index (χ3n) is 19.1. The van der Waals surface area contributed by atoms with Gasteiger partial charge in [-0.2, -0.15) is 0 Å². The van der Waals surface area contributed by atoms with Gasteiger partial charge in [0.1, 0.15) is 42.3 Å². The van der Waals surface area contributed by atoms with E-state index >= 15 is 38.4 Å². The zero-order valence-corrected chi connectivity index (χ0v) is 60.5. The van der Waals surface area contributed by atoms with Crippen molar-refractivity contribution in [2.45, 2.75) is 240 Å². The third-order valence-corrected chi connectivity index (χ3v) is 20.4. The number of nitrogens with zero attached hydrogens (tertiary/aromatic N) is 8. The first kappa shape index (κ1) is 80.2. The molecule has 3 heterocycles. The molecule has 0 saturated carbocycles. The summed E-state index contributed by atoms with van der Waals surface area (Å²) in [6.07, 6.45) is 6.25. The molecule has 0 aliphatic carbocycles. The fourth-order valence-corrected chi connectivity index (χ4v) is 15.1. The molecule has 3 aliphatic rings. The number of thioether (sulfide) groups is 1. The molecule has 522 valence electrons. The molecule has 3 aliphatic heterocycles. The Morgan fingerprint density at radius 3 is 1.73 bits per heavy atom. The van der Waals surface area contributed by atoms with Crippen LogP contribution in [0.3, 0.4) is 0 Å². The van der Waals surface area contributed by atoms with Crippen LogP contribution in [0.1, 0.15) is 163 Å². The van der Waals surface area contributed by atoms with Crippen molar-refractivity contribution in [3.63, 3.8) is 0 Å². The lowest BCUT2D eigenvalue weighted by Gasteiger charge is -2.46. The topological polar surface area (TPSA) is 320 Å². The van der Waals surface area contributed by atoms with Crippen molar-refractivity contribution in [3.8, 4) is 0 Å². The van der Waals surface area contributed by atoms with Crippen molar-refractivity contribution in [3.05, 3.63) is 12.2 Å².